The van der Waals surface area contributed by atoms with E-state index in [1.165, 1.54) is 14.2 Å². The summed E-state index contributed by atoms with van der Waals surface area (Å²) in [7, 11) is 2.67. The van der Waals surface area contributed by atoms with Gasteiger partial charge in [-0.1, -0.05) is 0 Å². The molecule has 0 radical (unpaired) electrons. The number of hydrogen-bond donors (Lipinski definition) is 0. The van der Waals surface area contributed by atoms with E-state index in [2.05, 4.69) is 10.1 Å². The molecule has 1 amide bonds. The Morgan fingerprint density at radius 3 is 2.14 bits per heavy atom. The van der Waals surface area contributed by atoms with Crippen LogP contribution >= 0.6 is 0 Å². The minimum Gasteiger partial charge on any atom is -0.620 e. The minimum absolute atomic E-state index is 0. The van der Waals surface area contributed by atoms with Crippen molar-refractivity contribution in [1.29, 1.82) is 0 Å². The van der Waals surface area contributed by atoms with E-state index in [-0.39, 0.29) is 21.1 Å². The fraction of sp³-hybridized carbons (Fsp3) is 0.667. The van der Waals surface area contributed by atoms with Crippen LogP contribution in [0.15, 0.2) is 0 Å². The van der Waals surface area contributed by atoms with E-state index >= 15 is 0 Å². The van der Waals surface area contributed by atoms with Crippen molar-refractivity contribution < 1.29 is 30.6 Å². The first kappa shape index (κ1) is 10.0. The third-order valence-corrected chi connectivity index (χ3v) is 0.357. The van der Waals surface area contributed by atoms with Crippen molar-refractivity contribution in [2.75, 3.05) is 14.2 Å². The standard InChI is InChI=1S/C3H7NO2.W/c1-4-3(5)6-2;/h1-2H3,(H,4,5);/q;+2/p-1. The van der Waals surface area contributed by atoms with E-state index in [1.54, 1.807) is 0 Å². The Morgan fingerprint density at radius 1 is 1.71 bits per heavy atom. The summed E-state index contributed by atoms with van der Waals surface area (Å²) in [5, 5.41) is 3.15. The van der Waals surface area contributed by atoms with E-state index in [9.17, 15) is 4.79 Å². The van der Waals surface area contributed by atoms with Crippen molar-refractivity contribution in [2.24, 2.45) is 0 Å². The minimum atomic E-state index is -0.532. The van der Waals surface area contributed by atoms with Gasteiger partial charge in [-0.05, 0) is 0 Å². The maximum Gasteiger partial charge on any atom is 2.00 e. The van der Waals surface area contributed by atoms with Gasteiger partial charge in [0.25, 0.3) is 0 Å². The van der Waals surface area contributed by atoms with Crippen LogP contribution in [0.1, 0.15) is 0 Å². The monoisotopic (exact) mass is 272 g/mol. The third-order valence-electron chi connectivity index (χ3n) is 0.357. The molecule has 40 valence electrons. The van der Waals surface area contributed by atoms with Gasteiger partial charge >= 0.3 is 21.1 Å². The average Bonchev–Trinajstić information content (AvgIpc) is 1.65. The van der Waals surface area contributed by atoms with Gasteiger partial charge in [0, 0.05) is 0 Å². The number of carbonyl (C=O) groups is 1. The van der Waals surface area contributed by atoms with Crippen molar-refractivity contribution >= 4 is 6.09 Å². The third kappa shape index (κ3) is 5.96. The SMILES string of the molecule is C[N-]C(=O)OC.[W+2]. The van der Waals surface area contributed by atoms with Crippen LogP contribution in [0, 0.1) is 0 Å². The molecule has 0 atom stereocenters. The van der Waals surface area contributed by atoms with Gasteiger partial charge in [-0.15, -0.1) is 7.05 Å². The molecule has 0 aromatic rings. The van der Waals surface area contributed by atoms with Gasteiger partial charge in [-0.25, -0.2) is 0 Å². The fourth-order valence-electron chi connectivity index (χ4n) is 0.0913. The average molecular weight is 272 g/mol. The van der Waals surface area contributed by atoms with Crippen LogP contribution in [-0.4, -0.2) is 20.3 Å². The predicted octanol–water partition coefficient (Wildman–Crippen LogP) is 0.754. The predicted molar refractivity (Wildman–Crippen MR) is 21.7 cm³/mol. The number of nitrogens with zero attached hydrogens (tertiary/aromatic N) is 1. The van der Waals surface area contributed by atoms with Gasteiger partial charge in [0.1, 0.15) is 0 Å². The molecular formula is C3H6NO2W+. The number of methoxy groups -OCH3 is 1. The summed E-state index contributed by atoms with van der Waals surface area (Å²) >= 11 is 0. The van der Waals surface area contributed by atoms with E-state index in [0.29, 0.717) is 0 Å². The van der Waals surface area contributed by atoms with Crippen molar-refractivity contribution in [1.82, 2.24) is 0 Å². The molecule has 0 aromatic heterocycles. The zero-order chi connectivity index (χ0) is 4.99. The number of ether oxygens (including phenoxy) is 1. The largest absolute Gasteiger partial charge is 2.00 e. The molecule has 4 heteroatoms. The van der Waals surface area contributed by atoms with Gasteiger partial charge in [-0.3, -0.25) is 4.79 Å². The molecule has 0 aliphatic rings. The second-order valence-corrected chi connectivity index (χ2v) is 0.694. The molecule has 3 nitrogen and oxygen atoms in total. The van der Waals surface area contributed by atoms with Crippen LogP contribution in [0.3, 0.4) is 0 Å². The van der Waals surface area contributed by atoms with Crippen LogP contribution in [0.2, 0.25) is 0 Å². The number of rotatable bonds is 0. The molecule has 0 aromatic carbocycles. The molecule has 0 aliphatic heterocycles. The molecule has 0 aliphatic carbocycles. The van der Waals surface area contributed by atoms with E-state index in [0.717, 1.165) is 0 Å². The molecule has 7 heavy (non-hydrogen) atoms. The van der Waals surface area contributed by atoms with E-state index in [4.69, 9.17) is 0 Å². The molecule has 0 saturated carbocycles. The Labute approximate surface area is 56.7 Å². The number of carbonyl (C=O) groups excluding carboxylic acids is 1. The quantitative estimate of drug-likeness (QED) is 0.653. The van der Waals surface area contributed by atoms with Crippen molar-refractivity contribution in [3.63, 3.8) is 0 Å². The molecule has 0 spiro atoms. The molecular weight excluding hydrogens is 266 g/mol. The Kier molecular flexibility index (Phi) is 8.55. The molecule has 0 heterocycles. The van der Waals surface area contributed by atoms with Crippen molar-refractivity contribution in [2.45, 2.75) is 0 Å². The summed E-state index contributed by atoms with van der Waals surface area (Å²) in [6.07, 6.45) is -0.532. The molecule has 0 unspecified atom stereocenters. The van der Waals surface area contributed by atoms with Crippen LogP contribution < -0.4 is 0 Å². The maximum absolute atomic E-state index is 9.79. The van der Waals surface area contributed by atoms with Gasteiger partial charge in [0.15, 0.2) is 0 Å². The second kappa shape index (κ2) is 5.96. The summed E-state index contributed by atoms with van der Waals surface area (Å²) in [6, 6.07) is 0. The zero-order valence-corrected chi connectivity index (χ0v) is 7.11. The smallest absolute Gasteiger partial charge is 0.620 e. The first-order valence-electron chi connectivity index (χ1n) is 1.49. The number of hydrogen-bond acceptors (Lipinski definition) is 2. The van der Waals surface area contributed by atoms with Crippen LogP contribution in [0.5, 0.6) is 0 Å². The summed E-state index contributed by atoms with van der Waals surface area (Å²) in [4.78, 5) is 9.79. The molecule has 0 saturated heterocycles. The summed E-state index contributed by atoms with van der Waals surface area (Å²) in [5.41, 5.74) is 0. The van der Waals surface area contributed by atoms with E-state index < -0.39 is 6.09 Å². The normalized spacial score (nSPS) is 6.00. The maximum atomic E-state index is 9.79. The van der Waals surface area contributed by atoms with Gasteiger partial charge in [0.05, 0.1) is 7.11 Å². The number of amides is 1. The Morgan fingerprint density at radius 2 is 2.14 bits per heavy atom. The van der Waals surface area contributed by atoms with Gasteiger partial charge in [-0.2, -0.15) is 0 Å². The Bertz CT molecular complexity index is 50.9. The van der Waals surface area contributed by atoms with Gasteiger partial charge in [0.2, 0.25) is 6.09 Å². The van der Waals surface area contributed by atoms with Crippen molar-refractivity contribution in [3.8, 4) is 0 Å². The molecule has 0 N–H and O–H groups in total. The summed E-state index contributed by atoms with van der Waals surface area (Å²) in [5.74, 6) is 0. The van der Waals surface area contributed by atoms with Crippen LogP contribution in [0.25, 0.3) is 5.32 Å². The molecule has 0 rings (SSSR count). The first-order chi connectivity index (χ1) is 2.81. The van der Waals surface area contributed by atoms with Gasteiger partial charge < -0.3 is 10.1 Å². The van der Waals surface area contributed by atoms with E-state index in [1.807, 2.05) is 0 Å². The van der Waals surface area contributed by atoms with Crippen molar-refractivity contribution in [3.05, 3.63) is 5.32 Å². The summed E-state index contributed by atoms with van der Waals surface area (Å²) in [6.45, 7) is 0. The molecule has 0 bridgehead atoms. The van der Waals surface area contributed by atoms with Crippen LogP contribution in [-0.2, 0) is 25.8 Å². The first-order valence-corrected chi connectivity index (χ1v) is 1.49. The summed E-state index contributed by atoms with van der Waals surface area (Å²) < 4.78 is 4.09. The topological polar surface area (TPSA) is 40.4 Å². The Hall–Kier alpha value is -0.0417. The molecule has 0 fully saturated rings. The fourth-order valence-corrected chi connectivity index (χ4v) is 0.0913. The zero-order valence-electron chi connectivity index (χ0n) is 4.17. The second-order valence-electron chi connectivity index (χ2n) is 0.694. The van der Waals surface area contributed by atoms with Crippen LogP contribution in [0.4, 0.5) is 4.79 Å². The Balaban J connectivity index is 0.